The van der Waals surface area contributed by atoms with Crippen molar-refractivity contribution in [2.24, 2.45) is 0 Å². The first kappa shape index (κ1) is 23.5. The fourth-order valence-corrected chi connectivity index (χ4v) is 5.54. The Balaban J connectivity index is 3.06. The van der Waals surface area contributed by atoms with E-state index in [2.05, 4.69) is 58.9 Å². The van der Waals surface area contributed by atoms with Crippen LogP contribution < -0.4 is 0 Å². The topological polar surface area (TPSA) is 66.4 Å². The number of ether oxygens (including phenoxy) is 2. The summed E-state index contributed by atoms with van der Waals surface area (Å²) in [5, 5.41) is 10.6. The van der Waals surface area contributed by atoms with E-state index in [0.29, 0.717) is 6.61 Å². The van der Waals surface area contributed by atoms with Crippen molar-refractivity contribution in [2.75, 3.05) is 13.7 Å². The molecule has 0 amide bonds. The highest BCUT2D eigenvalue weighted by Gasteiger charge is 2.49. The molecule has 1 rings (SSSR count). The van der Waals surface area contributed by atoms with E-state index >= 15 is 0 Å². The van der Waals surface area contributed by atoms with E-state index in [0.717, 1.165) is 0 Å². The van der Waals surface area contributed by atoms with Gasteiger partial charge in [-0.1, -0.05) is 0 Å². The van der Waals surface area contributed by atoms with Crippen LogP contribution in [0.3, 0.4) is 0 Å². The van der Waals surface area contributed by atoms with Crippen molar-refractivity contribution in [3.8, 4) is 0 Å². The summed E-state index contributed by atoms with van der Waals surface area (Å²) in [6, 6.07) is 0. The molecular formula is C16H38O6Si3. The molecule has 5 atom stereocenters. The van der Waals surface area contributed by atoms with Crippen molar-refractivity contribution in [1.29, 1.82) is 0 Å². The first-order chi connectivity index (χ1) is 11.1. The molecular weight excluding hydrogens is 372 g/mol. The SMILES string of the molecule is CO[C@H]1[C@H](O[Si](C)(C)C)[C@@H](O[Si](C)(C)C)[C@@H](O)O[C@@H]1CO[Si](C)(C)C. The predicted octanol–water partition coefficient (Wildman–Crippen LogP) is 3.01. The van der Waals surface area contributed by atoms with Gasteiger partial charge in [0.25, 0.3) is 0 Å². The lowest BCUT2D eigenvalue weighted by Gasteiger charge is -2.48. The highest BCUT2D eigenvalue weighted by atomic mass is 28.4. The summed E-state index contributed by atoms with van der Waals surface area (Å²) in [6.07, 6.45) is -2.69. The van der Waals surface area contributed by atoms with E-state index in [4.69, 9.17) is 22.8 Å². The smallest absolute Gasteiger partial charge is 0.184 e. The minimum absolute atomic E-state index is 0.340. The third-order valence-corrected chi connectivity index (χ3v) is 6.53. The van der Waals surface area contributed by atoms with E-state index in [1.807, 2.05) is 0 Å². The number of hydrogen-bond donors (Lipinski definition) is 1. The van der Waals surface area contributed by atoms with Gasteiger partial charge in [0, 0.05) is 7.11 Å². The van der Waals surface area contributed by atoms with E-state index < -0.39 is 37.3 Å². The van der Waals surface area contributed by atoms with Gasteiger partial charge in [-0.3, -0.25) is 0 Å². The van der Waals surface area contributed by atoms with Crippen LogP contribution in [-0.2, 0) is 22.8 Å². The normalized spacial score (nSPS) is 32.0. The van der Waals surface area contributed by atoms with Gasteiger partial charge in [-0.2, -0.15) is 0 Å². The monoisotopic (exact) mass is 410 g/mol. The fourth-order valence-electron chi connectivity index (χ4n) is 2.72. The van der Waals surface area contributed by atoms with Gasteiger partial charge in [-0.25, -0.2) is 0 Å². The Kier molecular flexibility index (Phi) is 8.08. The molecule has 150 valence electrons. The summed E-state index contributed by atoms with van der Waals surface area (Å²) < 4.78 is 30.2. The van der Waals surface area contributed by atoms with E-state index in [1.165, 1.54) is 0 Å². The van der Waals surface area contributed by atoms with Gasteiger partial charge in [0.05, 0.1) is 6.61 Å². The first-order valence-corrected chi connectivity index (χ1v) is 19.2. The van der Waals surface area contributed by atoms with E-state index in [1.54, 1.807) is 7.11 Å². The Labute approximate surface area is 156 Å². The second kappa shape index (κ2) is 8.61. The molecule has 0 unspecified atom stereocenters. The van der Waals surface area contributed by atoms with Gasteiger partial charge in [-0.15, -0.1) is 0 Å². The Bertz CT molecular complexity index is 416. The summed E-state index contributed by atoms with van der Waals surface area (Å²) in [6.45, 7) is 19.4. The summed E-state index contributed by atoms with van der Waals surface area (Å²) in [5.41, 5.74) is 0. The molecule has 0 radical (unpaired) electrons. The molecule has 0 saturated carbocycles. The molecule has 0 aliphatic carbocycles. The second-order valence-electron chi connectivity index (χ2n) is 9.58. The van der Waals surface area contributed by atoms with Crippen molar-refractivity contribution in [3.63, 3.8) is 0 Å². The van der Waals surface area contributed by atoms with Crippen molar-refractivity contribution in [1.82, 2.24) is 0 Å². The largest absolute Gasteiger partial charge is 0.415 e. The fraction of sp³-hybridized carbons (Fsp3) is 1.00. The van der Waals surface area contributed by atoms with Gasteiger partial charge >= 0.3 is 0 Å². The third kappa shape index (κ3) is 8.31. The second-order valence-corrected chi connectivity index (χ2v) is 23.0. The molecule has 1 N–H and O–H groups in total. The molecule has 1 fully saturated rings. The Morgan fingerprint density at radius 1 is 0.760 bits per heavy atom. The molecule has 1 heterocycles. The molecule has 25 heavy (non-hydrogen) atoms. The lowest BCUT2D eigenvalue weighted by molar-refractivity contribution is -0.282. The number of hydrogen-bond acceptors (Lipinski definition) is 6. The third-order valence-electron chi connectivity index (χ3n) is 3.54. The van der Waals surface area contributed by atoms with Gasteiger partial charge in [0.1, 0.15) is 24.4 Å². The number of rotatable bonds is 8. The zero-order valence-electron chi connectivity index (χ0n) is 17.6. The molecule has 9 heteroatoms. The van der Waals surface area contributed by atoms with Crippen molar-refractivity contribution < 1.29 is 27.9 Å². The first-order valence-electron chi connectivity index (χ1n) is 8.99. The Hall–Kier alpha value is 0.411. The van der Waals surface area contributed by atoms with Crippen molar-refractivity contribution >= 4 is 25.0 Å². The van der Waals surface area contributed by atoms with Crippen LogP contribution in [0, 0.1) is 0 Å². The number of aliphatic hydroxyl groups is 1. The van der Waals surface area contributed by atoms with Crippen molar-refractivity contribution in [3.05, 3.63) is 0 Å². The highest BCUT2D eigenvalue weighted by molar-refractivity contribution is 6.70. The molecule has 0 spiro atoms. The average Bonchev–Trinajstić information content (AvgIpc) is 2.37. The van der Waals surface area contributed by atoms with Crippen LogP contribution in [0.25, 0.3) is 0 Å². The lowest BCUT2D eigenvalue weighted by atomic mass is 9.99. The van der Waals surface area contributed by atoms with Crippen molar-refractivity contribution in [2.45, 2.75) is 89.6 Å². The Morgan fingerprint density at radius 3 is 1.64 bits per heavy atom. The molecule has 0 aromatic carbocycles. The summed E-state index contributed by atoms with van der Waals surface area (Å²) >= 11 is 0. The minimum atomic E-state index is -1.90. The van der Waals surface area contributed by atoms with Gasteiger partial charge < -0.3 is 27.9 Å². The zero-order chi connectivity index (χ0) is 19.6. The summed E-state index contributed by atoms with van der Waals surface area (Å²) in [7, 11) is -3.83. The maximum Gasteiger partial charge on any atom is 0.184 e. The maximum atomic E-state index is 10.6. The van der Waals surface area contributed by atoms with Crippen LogP contribution in [0.15, 0.2) is 0 Å². The van der Waals surface area contributed by atoms with Crippen LogP contribution >= 0.6 is 0 Å². The predicted molar refractivity (Wildman–Crippen MR) is 107 cm³/mol. The minimum Gasteiger partial charge on any atom is -0.415 e. The summed E-state index contributed by atoms with van der Waals surface area (Å²) in [5.74, 6) is 0. The van der Waals surface area contributed by atoms with Crippen LogP contribution in [0.2, 0.25) is 58.9 Å². The molecule has 6 nitrogen and oxygen atoms in total. The molecule has 0 bridgehead atoms. The molecule has 1 saturated heterocycles. The molecule has 0 aromatic rings. The standard InChI is InChI=1S/C16H38O6Si3/c1-18-13-12(11-19-23(2,3)4)20-16(17)15(22-25(8,9)10)14(13)21-24(5,6)7/h12-17H,11H2,1-10H3/t12-,13-,14+,15-,16+/m1/s1. The number of methoxy groups -OCH3 is 1. The van der Waals surface area contributed by atoms with E-state index in [9.17, 15) is 5.11 Å². The van der Waals surface area contributed by atoms with E-state index in [-0.39, 0.29) is 18.3 Å². The number of aliphatic hydroxyl groups excluding tert-OH is 1. The van der Waals surface area contributed by atoms with Crippen LogP contribution in [0.4, 0.5) is 0 Å². The molecule has 0 aromatic heterocycles. The zero-order valence-corrected chi connectivity index (χ0v) is 20.6. The van der Waals surface area contributed by atoms with Gasteiger partial charge in [0.15, 0.2) is 31.2 Å². The Morgan fingerprint density at radius 2 is 1.24 bits per heavy atom. The van der Waals surface area contributed by atoms with Crippen LogP contribution in [0.1, 0.15) is 0 Å². The molecule has 1 aliphatic rings. The van der Waals surface area contributed by atoms with Gasteiger partial charge in [-0.05, 0) is 58.9 Å². The highest BCUT2D eigenvalue weighted by Crippen LogP contribution is 2.31. The lowest BCUT2D eigenvalue weighted by Crippen LogP contribution is -2.64. The quantitative estimate of drug-likeness (QED) is 0.621. The maximum absolute atomic E-state index is 10.6. The van der Waals surface area contributed by atoms with Gasteiger partial charge in [0.2, 0.25) is 0 Å². The average molecular weight is 411 g/mol. The summed E-state index contributed by atoms with van der Waals surface area (Å²) in [4.78, 5) is 0. The van der Waals surface area contributed by atoms with Crippen LogP contribution in [0.5, 0.6) is 0 Å². The molecule has 1 aliphatic heterocycles. The van der Waals surface area contributed by atoms with Crippen LogP contribution in [-0.4, -0.2) is 74.5 Å².